The maximum Gasteiger partial charge on any atom is 0.335 e. The molecule has 0 aliphatic rings. The number of amides is 1. The number of hydrogen-bond acceptors (Lipinski definition) is 5. The number of carboxylic acids is 1. The van der Waals surface area contributed by atoms with E-state index in [9.17, 15) is 14.9 Å². The number of ether oxygens (including phenoxy) is 1. The maximum absolute atomic E-state index is 12.2. The van der Waals surface area contributed by atoms with Gasteiger partial charge in [-0.3, -0.25) is 4.79 Å². The molecule has 0 atom stereocenters. The first-order valence-corrected chi connectivity index (χ1v) is 7.67. The topological polar surface area (TPSA) is 111 Å². The Morgan fingerprint density at radius 3 is 2.50 bits per heavy atom. The molecule has 0 aliphatic heterocycles. The van der Waals surface area contributed by atoms with Gasteiger partial charge in [0.15, 0.2) is 0 Å². The van der Waals surface area contributed by atoms with E-state index >= 15 is 0 Å². The molecule has 132 valence electrons. The number of carbonyl (C=O) groups excluding carboxylic acids is 1. The van der Waals surface area contributed by atoms with Gasteiger partial charge >= 0.3 is 5.97 Å². The Morgan fingerprint density at radius 2 is 1.92 bits per heavy atom. The van der Waals surface area contributed by atoms with Crippen LogP contribution in [0, 0.1) is 11.3 Å². The van der Waals surface area contributed by atoms with Crippen LogP contribution >= 0.6 is 11.6 Å². The number of nitrogens with one attached hydrogen (secondary N) is 2. The highest BCUT2D eigenvalue weighted by atomic mass is 35.5. The van der Waals surface area contributed by atoms with E-state index < -0.39 is 11.9 Å². The number of nitrogens with zero attached hydrogens (tertiary/aromatic N) is 1. The van der Waals surface area contributed by atoms with Crippen molar-refractivity contribution in [2.24, 2.45) is 0 Å². The standard InChI is InChI=1S/C18H14ClN3O4/c1-26-16-7-4-13(19)8-15(16)21-10-12(9-20)17(23)22-14-5-2-11(3-6-14)18(24)25/h2-8,10,21H,1H3,(H,22,23)(H,24,25)/b12-10-. The number of benzene rings is 2. The van der Waals surface area contributed by atoms with Crippen LogP contribution < -0.4 is 15.4 Å². The van der Waals surface area contributed by atoms with Gasteiger partial charge in [-0.1, -0.05) is 11.6 Å². The fourth-order valence-electron chi connectivity index (χ4n) is 1.99. The van der Waals surface area contributed by atoms with Crippen molar-refractivity contribution in [2.45, 2.75) is 0 Å². The molecule has 3 N–H and O–H groups in total. The third-order valence-electron chi connectivity index (χ3n) is 3.29. The number of carbonyl (C=O) groups is 2. The second-order valence-electron chi connectivity index (χ2n) is 5.00. The summed E-state index contributed by atoms with van der Waals surface area (Å²) in [4.78, 5) is 23.0. The van der Waals surface area contributed by atoms with E-state index in [0.29, 0.717) is 22.1 Å². The Labute approximate surface area is 154 Å². The van der Waals surface area contributed by atoms with Gasteiger partial charge in [-0.05, 0) is 42.5 Å². The highest BCUT2D eigenvalue weighted by molar-refractivity contribution is 6.31. The number of aromatic carboxylic acids is 1. The second-order valence-corrected chi connectivity index (χ2v) is 5.43. The van der Waals surface area contributed by atoms with Gasteiger partial charge < -0.3 is 20.5 Å². The molecule has 2 rings (SSSR count). The predicted molar refractivity (Wildman–Crippen MR) is 97.4 cm³/mol. The minimum atomic E-state index is -1.07. The zero-order chi connectivity index (χ0) is 19.1. The zero-order valence-corrected chi connectivity index (χ0v) is 14.4. The number of carboxylic acid groups (broad SMARTS) is 1. The zero-order valence-electron chi connectivity index (χ0n) is 13.6. The van der Waals surface area contributed by atoms with E-state index in [1.165, 1.54) is 37.6 Å². The number of anilines is 2. The summed E-state index contributed by atoms with van der Waals surface area (Å²) in [5.41, 5.74) is 0.760. The highest BCUT2D eigenvalue weighted by Crippen LogP contribution is 2.27. The lowest BCUT2D eigenvalue weighted by atomic mass is 10.2. The first-order valence-electron chi connectivity index (χ1n) is 7.29. The first-order chi connectivity index (χ1) is 12.4. The van der Waals surface area contributed by atoms with Crippen LogP contribution in [0.4, 0.5) is 11.4 Å². The number of halogens is 1. The van der Waals surface area contributed by atoms with E-state index in [1.807, 2.05) is 0 Å². The summed E-state index contributed by atoms with van der Waals surface area (Å²) in [6.45, 7) is 0. The molecule has 2 aromatic carbocycles. The molecule has 2 aromatic rings. The lowest BCUT2D eigenvalue weighted by Crippen LogP contribution is -2.14. The molecular weight excluding hydrogens is 358 g/mol. The van der Waals surface area contributed by atoms with Crippen molar-refractivity contribution < 1.29 is 19.4 Å². The molecular formula is C18H14ClN3O4. The molecule has 7 nitrogen and oxygen atoms in total. The Balaban J connectivity index is 2.13. The average Bonchev–Trinajstić information content (AvgIpc) is 2.63. The third-order valence-corrected chi connectivity index (χ3v) is 3.52. The largest absolute Gasteiger partial charge is 0.495 e. The van der Waals surface area contributed by atoms with Crippen molar-refractivity contribution in [1.82, 2.24) is 0 Å². The molecule has 0 aliphatic carbocycles. The molecule has 0 unspecified atom stereocenters. The minimum Gasteiger partial charge on any atom is -0.495 e. The summed E-state index contributed by atoms with van der Waals surface area (Å²) in [6.07, 6.45) is 1.23. The van der Waals surface area contributed by atoms with Gasteiger partial charge in [0.1, 0.15) is 17.4 Å². The number of methoxy groups -OCH3 is 1. The van der Waals surface area contributed by atoms with Gasteiger partial charge in [-0.2, -0.15) is 5.26 Å². The Kier molecular flexibility index (Phi) is 6.20. The fraction of sp³-hybridized carbons (Fsp3) is 0.0556. The SMILES string of the molecule is COc1ccc(Cl)cc1N/C=C(/C#N)C(=O)Nc1ccc(C(=O)O)cc1. The summed E-state index contributed by atoms with van der Waals surface area (Å²) in [7, 11) is 1.48. The van der Waals surface area contributed by atoms with Crippen molar-refractivity contribution in [3.05, 3.63) is 64.8 Å². The monoisotopic (exact) mass is 371 g/mol. The smallest absolute Gasteiger partial charge is 0.335 e. The first kappa shape index (κ1) is 18.8. The van der Waals surface area contributed by atoms with Crippen LogP contribution in [-0.4, -0.2) is 24.1 Å². The van der Waals surface area contributed by atoms with Crippen molar-refractivity contribution in [2.75, 3.05) is 17.7 Å². The number of nitriles is 1. The number of hydrogen-bond donors (Lipinski definition) is 3. The van der Waals surface area contributed by atoms with Crippen molar-refractivity contribution in [3.63, 3.8) is 0 Å². The number of rotatable bonds is 6. The van der Waals surface area contributed by atoms with E-state index in [0.717, 1.165) is 0 Å². The van der Waals surface area contributed by atoms with Gasteiger partial charge in [-0.15, -0.1) is 0 Å². The Bertz CT molecular complexity index is 902. The van der Waals surface area contributed by atoms with Gasteiger partial charge in [0.05, 0.1) is 18.4 Å². The van der Waals surface area contributed by atoms with Crippen LogP contribution in [0.25, 0.3) is 0 Å². The Morgan fingerprint density at radius 1 is 1.23 bits per heavy atom. The van der Waals surface area contributed by atoms with Crippen LogP contribution in [0.1, 0.15) is 10.4 Å². The third kappa shape index (κ3) is 4.75. The summed E-state index contributed by atoms with van der Waals surface area (Å²) >= 11 is 5.93. The summed E-state index contributed by atoms with van der Waals surface area (Å²) in [6, 6.07) is 12.2. The predicted octanol–water partition coefficient (Wildman–Crippen LogP) is 3.50. The molecule has 1 amide bonds. The van der Waals surface area contributed by atoms with Gasteiger partial charge in [0.2, 0.25) is 0 Å². The normalized spacial score (nSPS) is 10.6. The fourth-order valence-corrected chi connectivity index (χ4v) is 2.16. The summed E-state index contributed by atoms with van der Waals surface area (Å²) in [5, 5.41) is 23.8. The van der Waals surface area contributed by atoms with Crippen molar-refractivity contribution in [1.29, 1.82) is 5.26 Å². The van der Waals surface area contributed by atoms with Crippen molar-refractivity contribution >= 4 is 34.9 Å². The van der Waals surface area contributed by atoms with Crippen LogP contribution in [0.2, 0.25) is 5.02 Å². The van der Waals surface area contributed by atoms with Gasteiger partial charge in [0.25, 0.3) is 5.91 Å². The van der Waals surface area contributed by atoms with Crippen LogP contribution in [0.5, 0.6) is 5.75 Å². The highest BCUT2D eigenvalue weighted by Gasteiger charge is 2.11. The summed E-state index contributed by atoms with van der Waals surface area (Å²) in [5.74, 6) is -1.23. The van der Waals surface area contributed by atoms with Crippen LogP contribution in [-0.2, 0) is 4.79 Å². The molecule has 0 saturated heterocycles. The van der Waals surface area contributed by atoms with Gasteiger partial charge in [-0.25, -0.2) is 4.79 Å². The lowest BCUT2D eigenvalue weighted by molar-refractivity contribution is -0.112. The molecule has 0 bridgehead atoms. The minimum absolute atomic E-state index is 0.0914. The van der Waals surface area contributed by atoms with Crippen LogP contribution in [0.15, 0.2) is 54.2 Å². The average molecular weight is 372 g/mol. The van der Waals surface area contributed by atoms with E-state index in [1.54, 1.807) is 24.3 Å². The molecule has 0 radical (unpaired) electrons. The molecule has 0 heterocycles. The van der Waals surface area contributed by atoms with E-state index in [-0.39, 0.29) is 11.1 Å². The summed E-state index contributed by atoms with van der Waals surface area (Å²) < 4.78 is 5.17. The van der Waals surface area contributed by atoms with Crippen LogP contribution in [0.3, 0.4) is 0 Å². The van der Waals surface area contributed by atoms with Gasteiger partial charge in [0, 0.05) is 16.9 Å². The lowest BCUT2D eigenvalue weighted by Gasteiger charge is -2.09. The second kappa shape index (κ2) is 8.55. The molecule has 0 aromatic heterocycles. The van der Waals surface area contributed by atoms with E-state index in [2.05, 4.69) is 10.6 Å². The Hall–Kier alpha value is -3.50. The quantitative estimate of drug-likeness (QED) is 0.529. The van der Waals surface area contributed by atoms with Crippen molar-refractivity contribution in [3.8, 4) is 11.8 Å². The molecule has 8 heteroatoms. The molecule has 26 heavy (non-hydrogen) atoms. The molecule has 0 spiro atoms. The van der Waals surface area contributed by atoms with E-state index in [4.69, 9.17) is 21.4 Å². The molecule has 0 fully saturated rings. The molecule has 0 saturated carbocycles. The maximum atomic E-state index is 12.2.